The van der Waals surface area contributed by atoms with Crippen LogP contribution >= 0.6 is 0 Å². The van der Waals surface area contributed by atoms with Gasteiger partial charge in [0.2, 0.25) is 5.91 Å². The Labute approximate surface area is 124 Å². The third-order valence-corrected chi connectivity index (χ3v) is 3.10. The second-order valence-electron chi connectivity index (χ2n) is 4.81. The number of nitrogens with two attached hydrogens (primary N) is 1. The molecule has 1 aromatic carbocycles. The smallest absolute Gasteiger partial charge is 0.305 e. The lowest BCUT2D eigenvalue weighted by Gasteiger charge is -2.20. The Balaban J connectivity index is 2.64. The van der Waals surface area contributed by atoms with Crippen LogP contribution < -0.4 is 11.1 Å². The molecule has 2 atom stereocenters. The minimum Gasteiger partial charge on any atom is -0.481 e. The molecule has 0 fully saturated rings. The van der Waals surface area contributed by atoms with Gasteiger partial charge in [0.1, 0.15) is 0 Å². The van der Waals surface area contributed by atoms with Gasteiger partial charge in [0.25, 0.3) is 0 Å². The summed E-state index contributed by atoms with van der Waals surface area (Å²) in [5.74, 6) is -1.32. The topological polar surface area (TPSA) is 102 Å². The SMILES string of the molecule is COCCCC(N)C(=O)NC(CC(=O)O)c1ccccc1. The highest BCUT2D eigenvalue weighted by Gasteiger charge is 2.21. The number of benzene rings is 1. The van der Waals surface area contributed by atoms with E-state index >= 15 is 0 Å². The Morgan fingerprint density at radius 2 is 2.00 bits per heavy atom. The third kappa shape index (κ3) is 6.37. The number of carboxylic acids is 1. The van der Waals surface area contributed by atoms with Crippen molar-refractivity contribution in [2.24, 2.45) is 5.73 Å². The first kappa shape index (κ1) is 17.1. The lowest BCUT2D eigenvalue weighted by Crippen LogP contribution is -2.42. The standard InChI is InChI=1S/C15H22N2O4/c1-21-9-5-8-12(16)15(20)17-13(10-14(18)19)11-6-3-2-4-7-11/h2-4,6-7,12-13H,5,8-10,16H2,1H3,(H,17,20)(H,18,19). The Morgan fingerprint density at radius 3 is 2.57 bits per heavy atom. The number of hydrogen-bond donors (Lipinski definition) is 3. The number of ether oxygens (including phenoxy) is 1. The second-order valence-corrected chi connectivity index (χ2v) is 4.81. The third-order valence-electron chi connectivity index (χ3n) is 3.10. The highest BCUT2D eigenvalue weighted by molar-refractivity contribution is 5.82. The Kier molecular flexibility index (Phi) is 7.42. The number of hydrogen-bond acceptors (Lipinski definition) is 4. The monoisotopic (exact) mass is 294 g/mol. The normalized spacial score (nSPS) is 13.4. The van der Waals surface area contributed by atoms with Gasteiger partial charge in [0.15, 0.2) is 0 Å². The molecule has 0 aliphatic heterocycles. The number of carbonyl (C=O) groups excluding carboxylic acids is 1. The summed E-state index contributed by atoms with van der Waals surface area (Å²) in [6.07, 6.45) is 0.995. The first-order chi connectivity index (χ1) is 10.0. The van der Waals surface area contributed by atoms with E-state index in [1.807, 2.05) is 6.07 Å². The Bertz CT molecular complexity index is 450. The van der Waals surface area contributed by atoms with E-state index < -0.39 is 18.1 Å². The Morgan fingerprint density at radius 1 is 1.33 bits per heavy atom. The summed E-state index contributed by atoms with van der Waals surface area (Å²) in [7, 11) is 1.59. The van der Waals surface area contributed by atoms with Crippen LogP contribution in [0.25, 0.3) is 0 Å². The van der Waals surface area contributed by atoms with Crippen LogP contribution in [0.1, 0.15) is 30.9 Å². The molecule has 1 aromatic rings. The van der Waals surface area contributed by atoms with Gasteiger partial charge in [-0.2, -0.15) is 0 Å². The zero-order valence-corrected chi connectivity index (χ0v) is 12.1. The van der Waals surface area contributed by atoms with E-state index in [1.165, 1.54) is 0 Å². The number of nitrogens with one attached hydrogen (secondary N) is 1. The predicted octanol–water partition coefficient (Wildman–Crippen LogP) is 1.07. The van der Waals surface area contributed by atoms with Gasteiger partial charge in [-0.25, -0.2) is 0 Å². The summed E-state index contributed by atoms with van der Waals surface area (Å²) >= 11 is 0. The minimum absolute atomic E-state index is 0.180. The average molecular weight is 294 g/mol. The van der Waals surface area contributed by atoms with Crippen molar-refractivity contribution in [3.05, 3.63) is 35.9 Å². The summed E-state index contributed by atoms with van der Waals surface area (Å²) < 4.78 is 4.91. The fourth-order valence-corrected chi connectivity index (χ4v) is 1.97. The van der Waals surface area contributed by atoms with Gasteiger partial charge in [0.05, 0.1) is 18.5 Å². The van der Waals surface area contributed by atoms with E-state index in [0.717, 1.165) is 5.56 Å². The van der Waals surface area contributed by atoms with Crippen molar-refractivity contribution in [3.63, 3.8) is 0 Å². The van der Waals surface area contributed by atoms with Crippen LogP contribution in [0.15, 0.2) is 30.3 Å². The van der Waals surface area contributed by atoms with Gasteiger partial charge in [-0.1, -0.05) is 30.3 Å². The van der Waals surface area contributed by atoms with Gasteiger partial charge in [-0.15, -0.1) is 0 Å². The van der Waals surface area contributed by atoms with Crippen molar-refractivity contribution >= 4 is 11.9 Å². The summed E-state index contributed by atoms with van der Waals surface area (Å²) in [5, 5.41) is 11.7. The molecule has 0 spiro atoms. The van der Waals surface area contributed by atoms with Crippen molar-refractivity contribution in [2.45, 2.75) is 31.3 Å². The Hall–Kier alpha value is -1.92. The lowest BCUT2D eigenvalue weighted by atomic mass is 10.0. The fraction of sp³-hybridized carbons (Fsp3) is 0.467. The van der Waals surface area contributed by atoms with E-state index in [9.17, 15) is 9.59 Å². The molecule has 0 aliphatic rings. The molecule has 6 nitrogen and oxygen atoms in total. The number of carbonyl (C=O) groups is 2. The van der Waals surface area contributed by atoms with E-state index in [1.54, 1.807) is 31.4 Å². The van der Waals surface area contributed by atoms with Crippen LogP contribution in [0.4, 0.5) is 0 Å². The first-order valence-corrected chi connectivity index (χ1v) is 6.86. The quantitative estimate of drug-likeness (QED) is 0.591. The molecule has 6 heteroatoms. The zero-order valence-electron chi connectivity index (χ0n) is 12.1. The number of methoxy groups -OCH3 is 1. The van der Waals surface area contributed by atoms with Crippen LogP contribution in [0.2, 0.25) is 0 Å². The van der Waals surface area contributed by atoms with Crippen LogP contribution in [0.3, 0.4) is 0 Å². The molecule has 0 saturated carbocycles. The molecule has 21 heavy (non-hydrogen) atoms. The first-order valence-electron chi connectivity index (χ1n) is 6.86. The van der Waals surface area contributed by atoms with Crippen molar-refractivity contribution in [2.75, 3.05) is 13.7 Å². The average Bonchev–Trinajstić information content (AvgIpc) is 2.47. The molecule has 0 aromatic heterocycles. The van der Waals surface area contributed by atoms with E-state index in [2.05, 4.69) is 5.32 Å². The molecule has 2 unspecified atom stereocenters. The summed E-state index contributed by atoms with van der Waals surface area (Å²) in [6, 6.07) is 7.75. The molecule has 0 aliphatic carbocycles. The van der Waals surface area contributed by atoms with Gasteiger partial charge in [-0.3, -0.25) is 9.59 Å². The molecule has 0 heterocycles. The minimum atomic E-state index is -0.975. The molecule has 0 saturated heterocycles. The molecular weight excluding hydrogens is 272 g/mol. The van der Waals surface area contributed by atoms with E-state index in [0.29, 0.717) is 19.4 Å². The highest BCUT2D eigenvalue weighted by Crippen LogP contribution is 2.16. The van der Waals surface area contributed by atoms with E-state index in [-0.39, 0.29) is 12.3 Å². The van der Waals surface area contributed by atoms with Crippen molar-refractivity contribution in [1.29, 1.82) is 0 Å². The van der Waals surface area contributed by atoms with Crippen LogP contribution in [-0.2, 0) is 14.3 Å². The molecular formula is C15H22N2O4. The number of rotatable bonds is 9. The molecule has 0 radical (unpaired) electrons. The van der Waals surface area contributed by atoms with Gasteiger partial charge >= 0.3 is 5.97 Å². The van der Waals surface area contributed by atoms with Crippen LogP contribution in [0.5, 0.6) is 0 Å². The van der Waals surface area contributed by atoms with Crippen molar-refractivity contribution in [1.82, 2.24) is 5.32 Å². The second kappa shape index (κ2) is 9.10. The van der Waals surface area contributed by atoms with E-state index in [4.69, 9.17) is 15.6 Å². The molecule has 1 rings (SSSR count). The summed E-state index contributed by atoms with van der Waals surface area (Å²) in [6.45, 7) is 0.540. The molecule has 4 N–H and O–H groups in total. The fourth-order valence-electron chi connectivity index (χ4n) is 1.97. The number of aliphatic carboxylic acids is 1. The van der Waals surface area contributed by atoms with Crippen LogP contribution in [-0.4, -0.2) is 36.7 Å². The molecule has 0 bridgehead atoms. The van der Waals surface area contributed by atoms with Gasteiger partial charge in [0, 0.05) is 13.7 Å². The maximum Gasteiger partial charge on any atom is 0.305 e. The maximum absolute atomic E-state index is 12.0. The maximum atomic E-state index is 12.0. The van der Waals surface area contributed by atoms with Crippen LogP contribution in [0, 0.1) is 0 Å². The van der Waals surface area contributed by atoms with Crippen molar-refractivity contribution < 1.29 is 19.4 Å². The van der Waals surface area contributed by atoms with Gasteiger partial charge < -0.3 is 20.9 Å². The summed E-state index contributed by atoms with van der Waals surface area (Å²) in [4.78, 5) is 23.0. The largest absolute Gasteiger partial charge is 0.481 e. The van der Waals surface area contributed by atoms with Gasteiger partial charge in [-0.05, 0) is 18.4 Å². The lowest BCUT2D eigenvalue weighted by molar-refractivity contribution is -0.137. The summed E-state index contributed by atoms with van der Waals surface area (Å²) in [5.41, 5.74) is 6.55. The van der Waals surface area contributed by atoms with Crippen molar-refractivity contribution in [3.8, 4) is 0 Å². The molecule has 116 valence electrons. The number of carboxylic acid groups (broad SMARTS) is 1. The highest BCUT2D eigenvalue weighted by atomic mass is 16.5. The molecule has 1 amide bonds. The zero-order chi connectivity index (χ0) is 15.7. The predicted molar refractivity (Wildman–Crippen MR) is 78.7 cm³/mol. The number of amides is 1.